The molecule has 1 aromatic carbocycles. The maximum atomic E-state index is 12.0. The Morgan fingerprint density at radius 3 is 2.68 bits per heavy atom. The predicted molar refractivity (Wildman–Crippen MR) is 89.1 cm³/mol. The van der Waals surface area contributed by atoms with Gasteiger partial charge in [-0.1, -0.05) is 19.1 Å². The molecule has 0 unspecified atom stereocenters. The van der Waals surface area contributed by atoms with E-state index in [0.717, 1.165) is 12.0 Å². The molecule has 22 heavy (non-hydrogen) atoms. The van der Waals surface area contributed by atoms with Crippen LogP contribution < -0.4 is 10.6 Å². The van der Waals surface area contributed by atoms with E-state index in [4.69, 9.17) is 0 Å². The average molecular weight is 324 g/mol. The second kappa shape index (κ2) is 9.35. The number of hydrogen-bond acceptors (Lipinski definition) is 3. The highest BCUT2D eigenvalue weighted by atomic mass is 32.2. The summed E-state index contributed by atoms with van der Waals surface area (Å²) in [6, 6.07) is 7.20. The molecule has 0 aromatic heterocycles. The summed E-state index contributed by atoms with van der Waals surface area (Å²) >= 11 is 0. The second-order valence-electron chi connectivity index (χ2n) is 5.30. The van der Waals surface area contributed by atoms with Crippen LogP contribution >= 0.6 is 0 Å². The van der Waals surface area contributed by atoms with E-state index in [1.807, 2.05) is 19.9 Å². The van der Waals surface area contributed by atoms with Gasteiger partial charge in [0.2, 0.25) is 5.91 Å². The van der Waals surface area contributed by atoms with E-state index in [1.165, 1.54) is 0 Å². The van der Waals surface area contributed by atoms with E-state index >= 15 is 0 Å². The molecule has 0 bridgehead atoms. The average Bonchev–Trinajstić information content (AvgIpc) is 2.46. The predicted octanol–water partition coefficient (Wildman–Crippen LogP) is 1.60. The lowest BCUT2D eigenvalue weighted by molar-refractivity contribution is -0.121. The monoisotopic (exact) mass is 324 g/mol. The number of carbonyl (C=O) groups is 2. The SMILES string of the molecule is CC[C@@H](C)NC(=O)CCNC(=O)c1cccc(C[S@](C)=O)c1. The van der Waals surface area contributed by atoms with Crippen molar-refractivity contribution in [1.29, 1.82) is 0 Å². The van der Waals surface area contributed by atoms with Gasteiger partial charge >= 0.3 is 0 Å². The van der Waals surface area contributed by atoms with Crippen LogP contribution in [0, 0.1) is 0 Å². The third kappa shape index (κ3) is 6.85. The molecule has 0 radical (unpaired) electrons. The summed E-state index contributed by atoms with van der Waals surface area (Å²) in [5, 5.41) is 5.58. The molecule has 2 amide bonds. The Labute approximate surface area is 134 Å². The summed E-state index contributed by atoms with van der Waals surface area (Å²) in [5.41, 5.74) is 1.38. The van der Waals surface area contributed by atoms with Crippen molar-refractivity contribution < 1.29 is 13.8 Å². The van der Waals surface area contributed by atoms with Crippen LogP contribution in [0.5, 0.6) is 0 Å². The molecule has 5 nitrogen and oxygen atoms in total. The first-order valence-corrected chi connectivity index (χ1v) is 9.11. The van der Waals surface area contributed by atoms with Crippen LogP contribution in [-0.4, -0.2) is 34.9 Å². The van der Waals surface area contributed by atoms with Crippen LogP contribution in [-0.2, 0) is 21.3 Å². The molecule has 0 fully saturated rings. The highest BCUT2D eigenvalue weighted by Gasteiger charge is 2.09. The van der Waals surface area contributed by atoms with Crippen molar-refractivity contribution in [3.63, 3.8) is 0 Å². The first-order valence-electron chi connectivity index (χ1n) is 7.39. The number of benzene rings is 1. The quantitative estimate of drug-likeness (QED) is 0.763. The van der Waals surface area contributed by atoms with Crippen molar-refractivity contribution in [2.45, 2.75) is 38.5 Å². The number of carbonyl (C=O) groups excluding carboxylic acids is 2. The number of nitrogens with one attached hydrogen (secondary N) is 2. The summed E-state index contributed by atoms with van der Waals surface area (Å²) in [6.07, 6.45) is 2.76. The molecule has 1 aromatic rings. The van der Waals surface area contributed by atoms with Crippen LogP contribution in [0.2, 0.25) is 0 Å². The van der Waals surface area contributed by atoms with Crippen molar-refractivity contribution in [2.24, 2.45) is 0 Å². The fourth-order valence-corrected chi connectivity index (χ4v) is 2.53. The zero-order chi connectivity index (χ0) is 16.5. The molecular formula is C16H24N2O3S. The minimum Gasteiger partial charge on any atom is -0.354 e. The van der Waals surface area contributed by atoms with Gasteiger partial charge in [0.1, 0.15) is 0 Å². The highest BCUT2D eigenvalue weighted by Crippen LogP contribution is 2.07. The summed E-state index contributed by atoms with van der Waals surface area (Å²) < 4.78 is 11.2. The largest absolute Gasteiger partial charge is 0.354 e. The Kier molecular flexibility index (Phi) is 7.80. The van der Waals surface area contributed by atoms with Gasteiger partial charge in [0.15, 0.2) is 0 Å². The van der Waals surface area contributed by atoms with Gasteiger partial charge < -0.3 is 10.6 Å². The Morgan fingerprint density at radius 1 is 1.32 bits per heavy atom. The Morgan fingerprint density at radius 2 is 2.05 bits per heavy atom. The van der Waals surface area contributed by atoms with Gasteiger partial charge in [-0.25, -0.2) is 0 Å². The third-order valence-electron chi connectivity index (χ3n) is 3.22. The zero-order valence-electron chi connectivity index (χ0n) is 13.3. The molecule has 122 valence electrons. The van der Waals surface area contributed by atoms with E-state index in [1.54, 1.807) is 24.5 Å². The van der Waals surface area contributed by atoms with Crippen molar-refractivity contribution in [2.75, 3.05) is 12.8 Å². The lowest BCUT2D eigenvalue weighted by Crippen LogP contribution is -2.35. The maximum absolute atomic E-state index is 12.0. The Bertz CT molecular complexity index is 546. The first kappa shape index (κ1) is 18.4. The topological polar surface area (TPSA) is 75.3 Å². The van der Waals surface area contributed by atoms with E-state index < -0.39 is 10.8 Å². The molecule has 2 N–H and O–H groups in total. The van der Waals surface area contributed by atoms with E-state index in [9.17, 15) is 13.8 Å². The molecule has 0 spiro atoms. The molecule has 6 heteroatoms. The molecule has 0 aliphatic carbocycles. The molecule has 0 aliphatic heterocycles. The smallest absolute Gasteiger partial charge is 0.251 e. The number of rotatable bonds is 8. The molecule has 1 rings (SSSR count). The summed E-state index contributed by atoms with van der Waals surface area (Å²) in [7, 11) is -0.941. The lowest BCUT2D eigenvalue weighted by Gasteiger charge is -2.11. The minimum absolute atomic E-state index is 0.0650. The van der Waals surface area contributed by atoms with Crippen molar-refractivity contribution in [3.05, 3.63) is 35.4 Å². The van der Waals surface area contributed by atoms with Gasteiger partial charge in [-0.2, -0.15) is 0 Å². The van der Waals surface area contributed by atoms with Gasteiger partial charge in [0, 0.05) is 47.4 Å². The second-order valence-corrected chi connectivity index (χ2v) is 6.74. The summed E-state index contributed by atoms with van der Waals surface area (Å²) in [5.74, 6) is 0.142. The van der Waals surface area contributed by atoms with Crippen molar-refractivity contribution >= 4 is 22.6 Å². The Balaban J connectivity index is 2.45. The number of amides is 2. The molecule has 0 heterocycles. The van der Waals surface area contributed by atoms with Crippen molar-refractivity contribution in [1.82, 2.24) is 10.6 Å². The van der Waals surface area contributed by atoms with Gasteiger partial charge in [0.25, 0.3) is 5.91 Å². The minimum atomic E-state index is -0.941. The van der Waals surface area contributed by atoms with Crippen LogP contribution in [0.15, 0.2) is 24.3 Å². The third-order valence-corrected chi connectivity index (χ3v) is 3.96. The normalized spacial score (nSPS) is 13.2. The first-order chi connectivity index (χ1) is 10.4. The van der Waals surface area contributed by atoms with Gasteiger partial charge in [0.05, 0.1) is 0 Å². The van der Waals surface area contributed by atoms with Gasteiger partial charge in [-0.3, -0.25) is 13.8 Å². The van der Waals surface area contributed by atoms with E-state index in [0.29, 0.717) is 17.9 Å². The molecule has 0 saturated carbocycles. The van der Waals surface area contributed by atoms with Crippen LogP contribution in [0.1, 0.15) is 42.6 Å². The summed E-state index contributed by atoms with van der Waals surface area (Å²) in [4.78, 5) is 23.6. The molecule has 0 saturated heterocycles. The van der Waals surface area contributed by atoms with E-state index in [2.05, 4.69) is 10.6 Å². The van der Waals surface area contributed by atoms with Gasteiger partial charge in [-0.05, 0) is 31.0 Å². The fraction of sp³-hybridized carbons (Fsp3) is 0.500. The van der Waals surface area contributed by atoms with Gasteiger partial charge in [-0.15, -0.1) is 0 Å². The molecular weight excluding hydrogens is 300 g/mol. The van der Waals surface area contributed by atoms with Crippen LogP contribution in [0.4, 0.5) is 0 Å². The van der Waals surface area contributed by atoms with Crippen LogP contribution in [0.25, 0.3) is 0 Å². The van der Waals surface area contributed by atoms with E-state index in [-0.39, 0.29) is 24.3 Å². The molecule has 2 atom stereocenters. The fourth-order valence-electron chi connectivity index (χ4n) is 1.88. The Hall–Kier alpha value is -1.69. The standard InChI is InChI=1S/C16H24N2O3S/c1-4-12(2)18-15(19)8-9-17-16(20)14-7-5-6-13(10-14)11-22(3)21/h5-7,10,12H,4,8-9,11H2,1-3H3,(H,17,20)(H,18,19)/t12-,22+/m1/s1. The zero-order valence-corrected chi connectivity index (χ0v) is 14.2. The number of hydrogen-bond donors (Lipinski definition) is 2. The van der Waals surface area contributed by atoms with Crippen molar-refractivity contribution in [3.8, 4) is 0 Å². The lowest BCUT2D eigenvalue weighted by atomic mass is 10.1. The maximum Gasteiger partial charge on any atom is 0.251 e. The molecule has 0 aliphatic rings. The summed E-state index contributed by atoms with van der Waals surface area (Å²) in [6.45, 7) is 4.24. The highest BCUT2D eigenvalue weighted by molar-refractivity contribution is 7.83. The van der Waals surface area contributed by atoms with Crippen LogP contribution in [0.3, 0.4) is 0 Å².